The van der Waals surface area contributed by atoms with Crippen molar-refractivity contribution in [3.8, 4) is 23.0 Å². The minimum Gasteiger partial charge on any atom is -0.510 e. The van der Waals surface area contributed by atoms with E-state index in [-0.39, 0.29) is 26.5 Å². The molecule has 0 radical (unpaired) electrons. The summed E-state index contributed by atoms with van der Waals surface area (Å²) in [6.07, 6.45) is 7.77. The molecule has 0 saturated heterocycles. The maximum atomic E-state index is 6.61. The molecule has 0 saturated carbocycles. The first kappa shape index (κ1) is 37.0. The van der Waals surface area contributed by atoms with E-state index < -0.39 is 0 Å². The Morgan fingerprint density at radius 1 is 0.557 bits per heavy atom. The number of hydrogen-bond acceptors (Lipinski definition) is 2. The predicted molar refractivity (Wildman–Crippen MR) is 243 cm³/mol. The van der Waals surface area contributed by atoms with Gasteiger partial charge < -0.3 is 18.3 Å². The second-order valence-electron chi connectivity index (χ2n) is 16.5. The minimum absolute atomic E-state index is 0. The van der Waals surface area contributed by atoms with Crippen LogP contribution in [0.1, 0.15) is 26.3 Å². The number of aromatic nitrogens is 5. The van der Waals surface area contributed by atoms with Gasteiger partial charge in [0.05, 0.1) is 22.1 Å². The van der Waals surface area contributed by atoms with Crippen molar-refractivity contribution in [2.24, 2.45) is 0 Å². The number of pyridine rings is 1. The van der Waals surface area contributed by atoms with E-state index in [0.29, 0.717) is 11.5 Å². The molecular weight excluding hydrogens is 930 g/mol. The summed E-state index contributed by atoms with van der Waals surface area (Å²) in [6.45, 7) is 6.67. The van der Waals surface area contributed by atoms with E-state index in [0.717, 1.165) is 60.6 Å². The van der Waals surface area contributed by atoms with E-state index in [4.69, 9.17) is 9.72 Å². The van der Waals surface area contributed by atoms with Crippen LogP contribution in [0.5, 0.6) is 11.5 Å². The summed E-state index contributed by atoms with van der Waals surface area (Å²) in [7, 11) is 0. The van der Waals surface area contributed by atoms with Crippen LogP contribution in [0.3, 0.4) is 0 Å². The third-order valence-corrected chi connectivity index (χ3v) is 11.9. The van der Waals surface area contributed by atoms with E-state index in [2.05, 4.69) is 192 Å². The fourth-order valence-electron chi connectivity index (χ4n) is 9.07. The molecule has 0 aliphatic rings. The van der Waals surface area contributed by atoms with Crippen LogP contribution < -0.4 is 9.14 Å². The fourth-order valence-corrected chi connectivity index (χ4v) is 9.07. The van der Waals surface area contributed by atoms with Crippen molar-refractivity contribution in [2.45, 2.75) is 26.2 Å². The number of imidazole rings is 1. The second kappa shape index (κ2) is 14.0. The molecule has 5 aromatic heterocycles. The zero-order valence-electron chi connectivity index (χ0n) is 33.6. The maximum absolute atomic E-state index is 6.61. The van der Waals surface area contributed by atoms with E-state index in [1.54, 1.807) is 0 Å². The van der Waals surface area contributed by atoms with Crippen molar-refractivity contribution in [2.75, 3.05) is 0 Å². The van der Waals surface area contributed by atoms with Gasteiger partial charge in [-0.05, 0) is 63.8 Å². The number of nitrogens with zero attached hydrogens (tertiary/aromatic N) is 5. The first-order valence-corrected chi connectivity index (χ1v) is 20.3. The summed E-state index contributed by atoms with van der Waals surface area (Å²) >= 11 is 0. The molecule has 61 heavy (non-hydrogen) atoms. The molecule has 6 nitrogen and oxygen atoms in total. The van der Waals surface area contributed by atoms with Gasteiger partial charge in [0.15, 0.2) is 0 Å². The fraction of sp³-hybridized carbons (Fsp3) is 0.0741. The summed E-state index contributed by atoms with van der Waals surface area (Å²) in [6, 6.07) is 62.6. The molecule has 7 heteroatoms. The molecular formula is C54H37N5OPt-2. The molecule has 0 N–H and O–H groups in total. The van der Waals surface area contributed by atoms with Crippen LogP contribution in [0.4, 0.5) is 0 Å². The molecule has 0 aliphatic carbocycles. The van der Waals surface area contributed by atoms with Crippen LogP contribution in [0.2, 0.25) is 0 Å². The Balaban J connectivity index is 0.00000420. The summed E-state index contributed by atoms with van der Waals surface area (Å²) < 4.78 is 15.4. The van der Waals surface area contributed by atoms with Gasteiger partial charge >= 0.3 is 0 Å². The average Bonchev–Trinajstić information content (AvgIpc) is 3.97. The predicted octanol–water partition coefficient (Wildman–Crippen LogP) is 12.6. The number of hydrogen-bond donors (Lipinski definition) is 0. The van der Waals surface area contributed by atoms with Gasteiger partial charge in [0.25, 0.3) is 6.33 Å². The molecule has 0 spiro atoms. The largest absolute Gasteiger partial charge is 0.510 e. The Morgan fingerprint density at radius 2 is 1.18 bits per heavy atom. The Morgan fingerprint density at radius 3 is 1.97 bits per heavy atom. The third kappa shape index (κ3) is 5.81. The van der Waals surface area contributed by atoms with Crippen molar-refractivity contribution in [3.63, 3.8) is 0 Å². The summed E-state index contributed by atoms with van der Waals surface area (Å²) in [5.74, 6) is 2.02. The second-order valence-corrected chi connectivity index (χ2v) is 16.5. The number of fused-ring (bicyclic) bond motifs is 13. The smallest absolute Gasteiger partial charge is 0.267 e. The van der Waals surface area contributed by atoms with Crippen LogP contribution in [-0.2, 0) is 26.5 Å². The van der Waals surface area contributed by atoms with Crippen LogP contribution in [0.25, 0.3) is 87.8 Å². The van der Waals surface area contributed by atoms with E-state index >= 15 is 0 Å². The molecule has 7 aromatic carbocycles. The Labute approximate surface area is 366 Å². The molecule has 5 heterocycles. The standard InChI is InChI=1S/C54H37N5O.Pt/c1-54(2,3)35-28-29-55-52(30-35)58-47-23-9-5-16-39(47)42-27-26-38(32-50(42)58)60-37-15-12-14-36(31-37)56-33-51-45-19-7-11-25-49(45)59-48-24-10-6-18-41(48)44-21-13-20-43(53(44)59)40-17-4-8-22-46(40)57(51)34-56;/h4-30,33H,1-3H3;/q-2;. The SMILES string of the molecule is CC(C)(C)c1ccnc(-n2c3[c-]c(Oc4[c-]c(-n5[c-][n+]6c7ccccc7c7cccc8c9ccccc9n(c9ccccc9c6c5)c87)ccc4)ccc3c3ccccc32)c1.[Pt]. The monoisotopic (exact) mass is 966 g/mol. The average molecular weight is 967 g/mol. The van der Waals surface area contributed by atoms with Crippen LogP contribution in [0, 0.1) is 18.5 Å². The molecule has 0 atom stereocenters. The van der Waals surface area contributed by atoms with Crippen molar-refractivity contribution in [3.05, 3.63) is 194 Å². The van der Waals surface area contributed by atoms with Gasteiger partial charge in [-0.1, -0.05) is 117 Å². The number of ether oxygens (including phenoxy) is 1. The van der Waals surface area contributed by atoms with E-state index in [1.807, 2.05) is 35.0 Å². The molecule has 0 bridgehead atoms. The van der Waals surface area contributed by atoms with Gasteiger partial charge in [-0.3, -0.25) is 4.40 Å². The Hall–Kier alpha value is -7.01. The van der Waals surface area contributed by atoms with Crippen LogP contribution in [0.15, 0.2) is 170 Å². The first-order valence-electron chi connectivity index (χ1n) is 20.3. The van der Waals surface area contributed by atoms with Crippen molar-refractivity contribution >= 4 is 76.3 Å². The molecule has 12 aromatic rings. The molecule has 0 amide bonds. The molecule has 296 valence electrons. The summed E-state index contributed by atoms with van der Waals surface area (Å²) in [5.41, 5.74) is 9.48. The number of benzene rings is 7. The third-order valence-electron chi connectivity index (χ3n) is 11.9. The quantitative estimate of drug-likeness (QED) is 0.130. The topological polar surface area (TPSA) is 40.5 Å². The number of para-hydroxylation sites is 5. The van der Waals surface area contributed by atoms with Gasteiger partial charge in [0, 0.05) is 77.5 Å². The van der Waals surface area contributed by atoms with Gasteiger partial charge in [0.2, 0.25) is 0 Å². The van der Waals surface area contributed by atoms with Crippen LogP contribution >= 0.6 is 0 Å². The molecule has 0 aliphatic heterocycles. The van der Waals surface area contributed by atoms with Gasteiger partial charge in [-0.25, -0.2) is 4.98 Å². The van der Waals surface area contributed by atoms with Gasteiger partial charge in [0.1, 0.15) is 5.82 Å². The number of rotatable bonds is 4. The molecule has 0 unspecified atom stereocenters. The van der Waals surface area contributed by atoms with E-state index in [9.17, 15) is 0 Å². The van der Waals surface area contributed by atoms with Crippen LogP contribution in [-0.4, -0.2) is 18.5 Å². The first-order chi connectivity index (χ1) is 29.4. The zero-order valence-corrected chi connectivity index (χ0v) is 35.9. The maximum Gasteiger partial charge on any atom is 0.267 e. The Bertz CT molecular complexity index is 3760. The van der Waals surface area contributed by atoms with Crippen molar-refractivity contribution in [1.29, 1.82) is 0 Å². The Kier molecular flexibility index (Phi) is 8.52. The van der Waals surface area contributed by atoms with E-state index in [1.165, 1.54) is 32.8 Å². The molecule has 12 rings (SSSR count). The normalized spacial score (nSPS) is 12.0. The van der Waals surface area contributed by atoms with Crippen molar-refractivity contribution < 1.29 is 30.2 Å². The van der Waals surface area contributed by atoms with Gasteiger partial charge in [-0.2, -0.15) is 18.2 Å². The summed E-state index contributed by atoms with van der Waals surface area (Å²) in [5, 5.41) is 8.08. The zero-order chi connectivity index (χ0) is 40.1. The van der Waals surface area contributed by atoms with Gasteiger partial charge in [-0.15, -0.1) is 29.7 Å². The molecule has 0 fully saturated rings. The summed E-state index contributed by atoms with van der Waals surface area (Å²) in [4.78, 5) is 4.84. The minimum atomic E-state index is -0.0235. The van der Waals surface area contributed by atoms with Crippen molar-refractivity contribution in [1.82, 2.24) is 18.5 Å².